The van der Waals surface area contributed by atoms with E-state index < -0.39 is 23.4 Å². The molecular weight excluding hydrogens is 446 g/mol. The van der Waals surface area contributed by atoms with Gasteiger partial charge in [0.2, 0.25) is 11.8 Å². The van der Waals surface area contributed by atoms with Gasteiger partial charge in [-0.1, -0.05) is 6.92 Å². The number of pyridine rings is 1. The number of hydrogen-bond acceptors (Lipinski definition) is 7. The van der Waals surface area contributed by atoms with E-state index in [0.717, 1.165) is 12.5 Å². The Morgan fingerprint density at radius 1 is 1.26 bits per heavy atom. The number of rotatable bonds is 5. The predicted octanol–water partition coefficient (Wildman–Crippen LogP) is 4.30. The highest BCUT2D eigenvalue weighted by Gasteiger charge is 2.28. The zero-order chi connectivity index (χ0) is 24.4. The maximum Gasteiger partial charge on any atom is 0.407 e. The molecule has 1 aliphatic heterocycles. The van der Waals surface area contributed by atoms with Crippen molar-refractivity contribution in [3.8, 4) is 22.9 Å². The Morgan fingerprint density at radius 3 is 2.82 bits per heavy atom. The van der Waals surface area contributed by atoms with Crippen LogP contribution < -0.4 is 15.8 Å². The van der Waals surface area contributed by atoms with Gasteiger partial charge in [-0.15, -0.1) is 0 Å². The number of piperidine rings is 1. The number of nitrogen functional groups attached to an aromatic ring is 1. The zero-order valence-electron chi connectivity index (χ0n) is 18.6. The second kappa shape index (κ2) is 9.46. The number of nitrogens with one attached hydrogen (secondary N) is 1. The minimum atomic E-state index is -0.962. The van der Waals surface area contributed by atoms with Crippen molar-refractivity contribution in [3.05, 3.63) is 53.9 Å². The third-order valence-corrected chi connectivity index (χ3v) is 5.62. The van der Waals surface area contributed by atoms with Crippen molar-refractivity contribution in [2.75, 3.05) is 24.1 Å². The lowest BCUT2D eigenvalue weighted by Gasteiger charge is -2.35. The molecule has 3 heterocycles. The van der Waals surface area contributed by atoms with Crippen molar-refractivity contribution in [3.63, 3.8) is 0 Å². The lowest BCUT2D eigenvalue weighted by atomic mass is 9.96. The molecule has 11 heteroatoms. The SMILES string of the molecule is Cc1c(Oc2ncccc2-c2ccnc(N[C@H]3C[C@@H](C)CN(C(=O)O)C3)n2)cc(F)c(N)c1F. The largest absolute Gasteiger partial charge is 0.465 e. The van der Waals surface area contributed by atoms with Gasteiger partial charge in [-0.25, -0.2) is 28.5 Å². The van der Waals surface area contributed by atoms with Gasteiger partial charge in [0.15, 0.2) is 11.6 Å². The molecule has 0 spiro atoms. The number of benzene rings is 1. The van der Waals surface area contributed by atoms with Crippen LogP contribution in [-0.2, 0) is 0 Å². The quantitative estimate of drug-likeness (QED) is 0.471. The summed E-state index contributed by atoms with van der Waals surface area (Å²) in [6, 6.07) is 5.91. The van der Waals surface area contributed by atoms with Gasteiger partial charge in [-0.2, -0.15) is 0 Å². The monoisotopic (exact) mass is 470 g/mol. The fraction of sp³-hybridized carbons (Fsp3) is 0.304. The standard InChI is InChI=1S/C23H24F2N6O3/c1-12-8-14(11-31(10-12)23(32)33)29-22-28-7-5-17(30-22)15-4-3-6-27-21(15)34-18-9-16(24)20(26)19(25)13(18)2/h3-7,9,12,14H,8,10-11,26H2,1-2H3,(H,32,33)(H,28,29,30)/t12-,14+/m1/s1. The van der Waals surface area contributed by atoms with Crippen LogP contribution in [0.25, 0.3) is 11.3 Å². The summed E-state index contributed by atoms with van der Waals surface area (Å²) in [5.74, 6) is -1.27. The highest BCUT2D eigenvalue weighted by Crippen LogP contribution is 2.35. The number of halogens is 2. The van der Waals surface area contributed by atoms with E-state index in [-0.39, 0.29) is 29.2 Å². The number of amides is 1. The Morgan fingerprint density at radius 2 is 2.06 bits per heavy atom. The first-order valence-electron chi connectivity index (χ1n) is 10.7. The molecular formula is C23H24F2N6O3. The van der Waals surface area contributed by atoms with E-state index in [1.54, 1.807) is 24.4 Å². The van der Waals surface area contributed by atoms with E-state index in [4.69, 9.17) is 10.5 Å². The van der Waals surface area contributed by atoms with Crippen LogP contribution in [0, 0.1) is 24.5 Å². The fourth-order valence-electron chi connectivity index (χ4n) is 3.97. The zero-order valence-corrected chi connectivity index (χ0v) is 18.6. The number of hydrogen-bond donors (Lipinski definition) is 3. The summed E-state index contributed by atoms with van der Waals surface area (Å²) in [4.78, 5) is 25.8. The van der Waals surface area contributed by atoms with E-state index in [2.05, 4.69) is 20.3 Å². The number of nitrogens with two attached hydrogens (primary N) is 1. The van der Waals surface area contributed by atoms with Gasteiger partial charge in [0.05, 0.1) is 11.3 Å². The predicted molar refractivity (Wildman–Crippen MR) is 122 cm³/mol. The third kappa shape index (κ3) is 4.82. The fourth-order valence-corrected chi connectivity index (χ4v) is 3.97. The van der Waals surface area contributed by atoms with Crippen LogP contribution in [0.2, 0.25) is 0 Å². The second-order valence-corrected chi connectivity index (χ2v) is 8.30. The van der Waals surface area contributed by atoms with Crippen molar-refractivity contribution >= 4 is 17.7 Å². The molecule has 0 unspecified atom stereocenters. The molecule has 1 aromatic carbocycles. The second-order valence-electron chi connectivity index (χ2n) is 8.30. The van der Waals surface area contributed by atoms with Crippen molar-refractivity contribution in [1.29, 1.82) is 0 Å². The first-order valence-corrected chi connectivity index (χ1v) is 10.7. The van der Waals surface area contributed by atoms with Gasteiger partial charge in [0.1, 0.15) is 11.4 Å². The molecule has 2 aromatic heterocycles. The summed E-state index contributed by atoms with van der Waals surface area (Å²) in [6.45, 7) is 4.23. The molecule has 1 saturated heterocycles. The van der Waals surface area contributed by atoms with Gasteiger partial charge in [0, 0.05) is 43.2 Å². The molecule has 9 nitrogen and oxygen atoms in total. The van der Waals surface area contributed by atoms with E-state index in [9.17, 15) is 18.7 Å². The lowest BCUT2D eigenvalue weighted by Crippen LogP contribution is -2.47. The highest BCUT2D eigenvalue weighted by molar-refractivity contribution is 5.67. The maximum atomic E-state index is 14.2. The van der Waals surface area contributed by atoms with Gasteiger partial charge < -0.3 is 25.8 Å². The smallest absolute Gasteiger partial charge is 0.407 e. The summed E-state index contributed by atoms with van der Waals surface area (Å²) in [5.41, 5.74) is 5.84. The molecule has 4 N–H and O–H groups in total. The Labute approximate surface area is 194 Å². The van der Waals surface area contributed by atoms with Gasteiger partial charge in [0.25, 0.3) is 0 Å². The topological polar surface area (TPSA) is 126 Å². The number of ether oxygens (including phenoxy) is 1. The molecule has 0 saturated carbocycles. The summed E-state index contributed by atoms with van der Waals surface area (Å²) >= 11 is 0. The van der Waals surface area contributed by atoms with Crippen LogP contribution in [0.4, 0.5) is 25.2 Å². The van der Waals surface area contributed by atoms with Crippen LogP contribution in [0.15, 0.2) is 36.7 Å². The Balaban J connectivity index is 1.60. The van der Waals surface area contributed by atoms with Gasteiger partial charge in [-0.3, -0.25) is 0 Å². The number of nitrogens with zero attached hydrogens (tertiary/aromatic N) is 4. The first kappa shape index (κ1) is 23.1. The third-order valence-electron chi connectivity index (χ3n) is 5.62. The van der Waals surface area contributed by atoms with Crippen LogP contribution >= 0.6 is 0 Å². The molecule has 3 aromatic rings. The number of aromatic nitrogens is 3. The van der Waals surface area contributed by atoms with E-state index in [1.165, 1.54) is 18.0 Å². The average molecular weight is 470 g/mol. The minimum absolute atomic E-state index is 0.0509. The van der Waals surface area contributed by atoms with Crippen molar-refractivity contribution < 1.29 is 23.4 Å². The van der Waals surface area contributed by atoms with Crippen molar-refractivity contribution in [2.45, 2.75) is 26.3 Å². The van der Waals surface area contributed by atoms with Gasteiger partial charge in [-0.05, 0) is 37.5 Å². The van der Waals surface area contributed by atoms with E-state index in [0.29, 0.717) is 30.3 Å². The molecule has 2 atom stereocenters. The van der Waals surface area contributed by atoms with Gasteiger partial charge >= 0.3 is 6.09 Å². The van der Waals surface area contributed by atoms with Crippen molar-refractivity contribution in [2.24, 2.45) is 5.92 Å². The van der Waals surface area contributed by atoms with Crippen LogP contribution in [-0.4, -0.2) is 50.2 Å². The Hall–Kier alpha value is -4.02. The lowest BCUT2D eigenvalue weighted by molar-refractivity contribution is 0.119. The number of carbonyl (C=O) groups is 1. The summed E-state index contributed by atoms with van der Waals surface area (Å²) in [6.07, 6.45) is 2.85. The molecule has 1 fully saturated rings. The molecule has 178 valence electrons. The Bertz CT molecular complexity index is 1230. The van der Waals surface area contributed by atoms with Crippen LogP contribution in [0.3, 0.4) is 0 Å². The summed E-state index contributed by atoms with van der Waals surface area (Å²) < 4.78 is 34.0. The highest BCUT2D eigenvalue weighted by atomic mass is 19.1. The molecule has 0 bridgehead atoms. The number of anilines is 2. The molecule has 0 radical (unpaired) electrons. The summed E-state index contributed by atoms with van der Waals surface area (Å²) in [5, 5.41) is 12.5. The molecule has 1 amide bonds. The molecule has 34 heavy (non-hydrogen) atoms. The van der Waals surface area contributed by atoms with Crippen molar-refractivity contribution in [1.82, 2.24) is 19.9 Å². The minimum Gasteiger partial charge on any atom is -0.465 e. The van der Waals surface area contributed by atoms with Crippen LogP contribution in [0.5, 0.6) is 11.6 Å². The van der Waals surface area contributed by atoms with Crippen LogP contribution in [0.1, 0.15) is 18.9 Å². The first-order chi connectivity index (χ1) is 16.2. The molecule has 4 rings (SSSR count). The number of carboxylic acid groups (broad SMARTS) is 1. The van der Waals surface area contributed by atoms with E-state index in [1.807, 2.05) is 6.92 Å². The average Bonchev–Trinajstić information content (AvgIpc) is 2.81. The van der Waals surface area contributed by atoms with E-state index >= 15 is 0 Å². The maximum absolute atomic E-state index is 14.2. The Kier molecular flexibility index (Phi) is 6.44. The molecule has 0 aliphatic carbocycles. The summed E-state index contributed by atoms with van der Waals surface area (Å²) in [7, 11) is 0. The number of likely N-dealkylation sites (tertiary alicyclic amines) is 1. The normalized spacial score (nSPS) is 17.9. The molecule has 1 aliphatic rings.